The molecule has 0 radical (unpaired) electrons. The van der Waals surface area contributed by atoms with E-state index in [0.29, 0.717) is 0 Å². The van der Waals surface area contributed by atoms with E-state index in [1.807, 2.05) is 0 Å². The van der Waals surface area contributed by atoms with Crippen LogP contribution in [0.15, 0.2) is 237 Å². The predicted molar refractivity (Wildman–Crippen MR) is 442 cm³/mol. The zero-order chi connectivity index (χ0) is 70.0. The van der Waals surface area contributed by atoms with Crippen molar-refractivity contribution in [1.82, 2.24) is 0 Å². The molecule has 0 amide bonds. The molecule has 102 heavy (non-hydrogen) atoms. The summed E-state index contributed by atoms with van der Waals surface area (Å²) in [6.07, 6.45) is 26.2. The molecule has 0 fully saturated rings. The highest BCUT2D eigenvalue weighted by Crippen LogP contribution is 2.61. The molecule has 0 atom stereocenters. The molecule has 0 bridgehead atoms. The molecular formula is C101H107N. The fraction of sp³-hybridized carbons (Fsp3) is 0.327. The molecule has 0 N–H and O–H groups in total. The zero-order valence-electron chi connectivity index (χ0n) is 62.5. The van der Waals surface area contributed by atoms with E-state index in [1.54, 1.807) is 11.1 Å². The Hall–Kier alpha value is -9.04. The summed E-state index contributed by atoms with van der Waals surface area (Å²) in [6.45, 7) is 18.9. The number of anilines is 3. The van der Waals surface area contributed by atoms with Gasteiger partial charge in [0.15, 0.2) is 0 Å². The van der Waals surface area contributed by atoms with E-state index in [9.17, 15) is 0 Å². The number of rotatable bonds is 29. The molecule has 0 unspecified atom stereocenters. The van der Waals surface area contributed by atoms with Gasteiger partial charge in [-0.05, 0) is 246 Å². The second kappa shape index (κ2) is 29.7. The molecule has 0 saturated heterocycles. The molecule has 0 spiro atoms. The normalized spacial score (nSPS) is 14.0. The lowest BCUT2D eigenvalue weighted by atomic mass is 9.70. The maximum absolute atomic E-state index is 2.75. The highest BCUT2D eigenvalue weighted by Gasteiger charge is 2.47. The summed E-state index contributed by atoms with van der Waals surface area (Å²) in [7, 11) is 0. The molecule has 0 aliphatic heterocycles. The van der Waals surface area contributed by atoms with Crippen LogP contribution < -0.4 is 4.90 Å². The van der Waals surface area contributed by atoms with Crippen molar-refractivity contribution in [1.29, 1.82) is 0 Å². The Morgan fingerprint density at radius 1 is 0.225 bits per heavy atom. The maximum atomic E-state index is 2.75. The number of nitrogens with zero attached hydrogens (tertiary/aromatic N) is 1. The van der Waals surface area contributed by atoms with E-state index in [1.165, 1.54) is 253 Å². The number of hydrogen-bond acceptors (Lipinski definition) is 1. The van der Waals surface area contributed by atoms with Gasteiger partial charge in [-0.1, -0.05) is 331 Å². The van der Waals surface area contributed by atoms with E-state index in [2.05, 4.69) is 297 Å². The highest BCUT2D eigenvalue weighted by atomic mass is 15.1. The van der Waals surface area contributed by atoms with Crippen LogP contribution in [0.25, 0.3) is 99.4 Å². The van der Waals surface area contributed by atoms with Crippen molar-refractivity contribution in [2.24, 2.45) is 0 Å². The summed E-state index contributed by atoms with van der Waals surface area (Å²) in [5.74, 6) is 0. The summed E-state index contributed by atoms with van der Waals surface area (Å²) < 4.78 is 0. The molecule has 1 heteroatoms. The lowest BCUT2D eigenvalue weighted by Gasteiger charge is -2.36. The third-order valence-electron chi connectivity index (χ3n) is 24.5. The van der Waals surface area contributed by atoms with Crippen LogP contribution in [-0.4, -0.2) is 0 Å². The first kappa shape index (κ1) is 68.7. The van der Waals surface area contributed by atoms with Crippen molar-refractivity contribution in [3.63, 3.8) is 0 Å². The predicted octanol–water partition coefficient (Wildman–Crippen LogP) is 30.2. The Bertz CT molecular complexity index is 4730. The van der Waals surface area contributed by atoms with Crippen LogP contribution in [0.4, 0.5) is 17.1 Å². The molecule has 0 saturated carbocycles. The fourth-order valence-electron chi connectivity index (χ4n) is 19.4. The van der Waals surface area contributed by atoms with Crippen molar-refractivity contribution in [2.75, 3.05) is 4.90 Å². The van der Waals surface area contributed by atoms with E-state index in [0.717, 1.165) is 38.5 Å². The van der Waals surface area contributed by atoms with Crippen LogP contribution in [0, 0.1) is 13.8 Å². The smallest absolute Gasteiger partial charge is 0.0465 e. The molecule has 12 aromatic rings. The number of unbranched alkanes of at least 4 members (excludes halogenated alkanes) is 10. The van der Waals surface area contributed by atoms with Gasteiger partial charge in [0.1, 0.15) is 0 Å². The second-order valence-electron chi connectivity index (χ2n) is 31.0. The van der Waals surface area contributed by atoms with Crippen molar-refractivity contribution in [3.05, 3.63) is 281 Å². The minimum Gasteiger partial charge on any atom is -0.310 e. The summed E-state index contributed by atoms with van der Waals surface area (Å²) in [5.41, 5.74) is 34.1. The van der Waals surface area contributed by atoms with Gasteiger partial charge in [-0.15, -0.1) is 0 Å². The Morgan fingerprint density at radius 3 is 0.882 bits per heavy atom. The van der Waals surface area contributed by atoms with Crippen LogP contribution >= 0.6 is 0 Å². The van der Waals surface area contributed by atoms with Gasteiger partial charge in [-0.25, -0.2) is 0 Å². The molecule has 0 aromatic heterocycles. The maximum Gasteiger partial charge on any atom is 0.0465 e. The lowest BCUT2D eigenvalue weighted by molar-refractivity contribution is 0.401. The number of benzene rings is 12. The molecule has 1 nitrogen and oxygen atoms in total. The minimum atomic E-state index is -0.207. The highest BCUT2D eigenvalue weighted by molar-refractivity contribution is 6.22. The van der Waals surface area contributed by atoms with Crippen LogP contribution in [0.1, 0.15) is 227 Å². The van der Waals surface area contributed by atoms with Crippen LogP contribution in [-0.2, 0) is 16.2 Å². The summed E-state index contributed by atoms with van der Waals surface area (Å²) >= 11 is 0. The Morgan fingerprint density at radius 2 is 0.520 bits per heavy atom. The Kier molecular flexibility index (Phi) is 20.0. The topological polar surface area (TPSA) is 3.24 Å². The first-order valence-electron chi connectivity index (χ1n) is 39.9. The molecule has 15 rings (SSSR count). The van der Waals surface area contributed by atoms with Crippen LogP contribution in [0.5, 0.6) is 0 Å². The number of hydrogen-bond donors (Lipinski definition) is 0. The van der Waals surface area contributed by atoms with E-state index in [4.69, 9.17) is 0 Å². The third kappa shape index (κ3) is 12.3. The number of aryl methyl sites for hydroxylation is 2. The van der Waals surface area contributed by atoms with Gasteiger partial charge in [-0.3, -0.25) is 0 Å². The summed E-state index contributed by atoms with van der Waals surface area (Å²) in [4.78, 5) is 2.75. The van der Waals surface area contributed by atoms with E-state index < -0.39 is 0 Å². The SMILES string of the molecule is CCCCCCC1(CCCCCC)c2cc(-c3c4ccccc4c(-c4cc(-c5ccccc5)cc(-c5ccccc5)c4)c4ccccc34)ccc2-c2ccc(N(c3ccc4c(c3)C(CCCC)(CCCC)c3cc(C)ccc3-4)c3ccc4c(c3)C(CCCC)(CCCC)c3cc(C)ccc3-4)cc21. The first-order valence-corrected chi connectivity index (χ1v) is 39.9. The second-order valence-corrected chi connectivity index (χ2v) is 31.0. The van der Waals surface area contributed by atoms with Crippen LogP contribution in [0.2, 0.25) is 0 Å². The van der Waals surface area contributed by atoms with Gasteiger partial charge in [0.25, 0.3) is 0 Å². The molecule has 3 aliphatic rings. The van der Waals surface area contributed by atoms with Crippen molar-refractivity contribution in [2.45, 2.75) is 213 Å². The zero-order valence-corrected chi connectivity index (χ0v) is 62.5. The van der Waals surface area contributed by atoms with Gasteiger partial charge < -0.3 is 4.90 Å². The average Bonchev–Trinajstić information content (AvgIpc) is 1.46. The Balaban J connectivity index is 0.949. The van der Waals surface area contributed by atoms with Crippen molar-refractivity contribution in [3.8, 4) is 77.9 Å². The van der Waals surface area contributed by atoms with Gasteiger partial charge in [0.05, 0.1) is 0 Å². The standard InChI is InChI=1S/C101H107N/c1-9-15-21-33-59-101(60-34-22-16-10-2)93-66-74(97-87-39-29-31-41-89(87)98(90-42-32-30-40-88(90)97)77-64-75(72-35-25-23-26-36-72)63-76(65-77)73-37-27-24-28-38-73)45-51-83(93)86-54-48-80(69-96(86)101)102(78-46-52-84-81-49-43-70(7)61-91(81)99(55-17-11-3,56-18-12-4)94(84)67-78)79-47-53-85-82-50-44-71(8)62-92(82)100(57-19-13-5,58-20-14-6)95(85)68-79/h23-32,35-54,61-69H,9-22,33-34,55-60H2,1-8H3. The van der Waals surface area contributed by atoms with Gasteiger partial charge >= 0.3 is 0 Å². The summed E-state index contributed by atoms with van der Waals surface area (Å²) in [6, 6.07) is 93.9. The molecule has 3 aliphatic carbocycles. The Labute approximate surface area is 611 Å². The van der Waals surface area contributed by atoms with Gasteiger partial charge in [0, 0.05) is 33.3 Å². The lowest BCUT2D eigenvalue weighted by Crippen LogP contribution is -2.27. The van der Waals surface area contributed by atoms with E-state index >= 15 is 0 Å². The average molecular weight is 1330 g/mol. The van der Waals surface area contributed by atoms with Crippen LogP contribution in [0.3, 0.4) is 0 Å². The largest absolute Gasteiger partial charge is 0.310 e. The van der Waals surface area contributed by atoms with Gasteiger partial charge in [-0.2, -0.15) is 0 Å². The van der Waals surface area contributed by atoms with E-state index in [-0.39, 0.29) is 16.2 Å². The third-order valence-corrected chi connectivity index (χ3v) is 24.5. The summed E-state index contributed by atoms with van der Waals surface area (Å²) in [5, 5.41) is 5.16. The first-order chi connectivity index (χ1) is 50.1. The fourth-order valence-corrected chi connectivity index (χ4v) is 19.4. The molecular weight excluding hydrogens is 1230 g/mol. The molecule has 0 heterocycles. The molecule has 12 aromatic carbocycles. The minimum absolute atomic E-state index is 0.0585. The quantitative estimate of drug-likeness (QED) is 0.0334. The van der Waals surface area contributed by atoms with Crippen molar-refractivity contribution >= 4 is 38.6 Å². The van der Waals surface area contributed by atoms with Crippen molar-refractivity contribution < 1.29 is 0 Å². The number of fused-ring (bicyclic) bond motifs is 11. The van der Waals surface area contributed by atoms with Gasteiger partial charge in [0.2, 0.25) is 0 Å². The monoisotopic (exact) mass is 1330 g/mol. The molecule has 516 valence electrons.